The van der Waals surface area contributed by atoms with Gasteiger partial charge in [0.1, 0.15) is 5.00 Å². The lowest BCUT2D eigenvalue weighted by Crippen LogP contribution is -2.22. The highest BCUT2D eigenvalue weighted by Gasteiger charge is 2.28. The van der Waals surface area contributed by atoms with E-state index in [-0.39, 0.29) is 23.7 Å². The predicted octanol–water partition coefficient (Wildman–Crippen LogP) is 3.23. The van der Waals surface area contributed by atoms with Crippen LogP contribution < -0.4 is 19.5 Å². The summed E-state index contributed by atoms with van der Waals surface area (Å²) in [7, 11) is 4.31. The van der Waals surface area contributed by atoms with Crippen LogP contribution in [-0.4, -0.2) is 52.4 Å². The second kappa shape index (κ2) is 10.4. The Bertz CT molecular complexity index is 1000. The van der Waals surface area contributed by atoms with Gasteiger partial charge in [0.25, 0.3) is 5.91 Å². The monoisotopic (exact) mass is 463 g/mol. The van der Waals surface area contributed by atoms with E-state index in [0.29, 0.717) is 16.3 Å². The molecule has 0 spiro atoms. The molecule has 1 heterocycles. The summed E-state index contributed by atoms with van der Waals surface area (Å²) >= 11 is 1.36. The predicted molar refractivity (Wildman–Crippen MR) is 117 cm³/mol. The second-order valence-corrected chi connectivity index (χ2v) is 7.93. The molecule has 0 bridgehead atoms. The van der Waals surface area contributed by atoms with Crippen LogP contribution in [0.4, 0.5) is 5.00 Å². The maximum atomic E-state index is 12.5. The van der Waals surface area contributed by atoms with Crippen molar-refractivity contribution in [2.45, 2.75) is 26.2 Å². The zero-order chi connectivity index (χ0) is 23.3. The number of thiophene rings is 1. The number of anilines is 1. The van der Waals surface area contributed by atoms with Crippen molar-refractivity contribution < 1.29 is 38.1 Å². The van der Waals surface area contributed by atoms with E-state index in [1.807, 2.05) is 0 Å². The van der Waals surface area contributed by atoms with Gasteiger partial charge in [0, 0.05) is 4.88 Å². The van der Waals surface area contributed by atoms with E-state index in [4.69, 9.17) is 23.7 Å². The molecule has 10 heteroatoms. The first-order chi connectivity index (χ1) is 15.4. The molecule has 3 rings (SSSR count). The average molecular weight is 464 g/mol. The first kappa shape index (κ1) is 23.4. The highest BCUT2D eigenvalue weighted by atomic mass is 32.1. The van der Waals surface area contributed by atoms with Crippen LogP contribution in [0, 0.1) is 0 Å². The number of carbonyl (C=O) groups is 3. The van der Waals surface area contributed by atoms with E-state index in [9.17, 15) is 14.4 Å². The van der Waals surface area contributed by atoms with Crippen molar-refractivity contribution in [1.82, 2.24) is 0 Å². The van der Waals surface area contributed by atoms with Gasteiger partial charge < -0.3 is 29.0 Å². The molecule has 0 aliphatic heterocycles. The van der Waals surface area contributed by atoms with Crippen LogP contribution in [0.5, 0.6) is 17.2 Å². The number of hydrogen-bond donors (Lipinski definition) is 1. The molecule has 1 aromatic heterocycles. The summed E-state index contributed by atoms with van der Waals surface area (Å²) in [5, 5.41) is 3.10. The Labute approximate surface area is 189 Å². The fraction of sp³-hybridized carbons (Fsp3) is 0.409. The molecule has 1 aromatic carbocycles. The Morgan fingerprint density at radius 2 is 1.66 bits per heavy atom. The van der Waals surface area contributed by atoms with E-state index in [1.54, 1.807) is 6.92 Å². The molecule has 1 aliphatic carbocycles. The van der Waals surface area contributed by atoms with Gasteiger partial charge in [-0.05, 0) is 43.9 Å². The summed E-state index contributed by atoms with van der Waals surface area (Å²) in [5.74, 6) is -0.848. The lowest BCUT2D eigenvalue weighted by molar-refractivity contribution is -0.119. The van der Waals surface area contributed by atoms with Gasteiger partial charge in [-0.2, -0.15) is 0 Å². The Hall–Kier alpha value is -3.27. The Morgan fingerprint density at radius 1 is 0.969 bits per heavy atom. The number of amides is 1. The lowest BCUT2D eigenvalue weighted by Gasteiger charge is -2.13. The molecule has 0 saturated heterocycles. The molecule has 1 aliphatic rings. The number of rotatable bonds is 9. The molecule has 0 atom stereocenters. The van der Waals surface area contributed by atoms with Gasteiger partial charge in [-0.3, -0.25) is 4.79 Å². The maximum Gasteiger partial charge on any atom is 0.341 e. The zero-order valence-corrected chi connectivity index (χ0v) is 19.2. The van der Waals surface area contributed by atoms with E-state index < -0.39 is 24.5 Å². The molecule has 32 heavy (non-hydrogen) atoms. The molecule has 0 unspecified atom stereocenters. The van der Waals surface area contributed by atoms with E-state index in [2.05, 4.69) is 5.32 Å². The van der Waals surface area contributed by atoms with Gasteiger partial charge in [-0.15, -0.1) is 11.3 Å². The van der Waals surface area contributed by atoms with Crippen molar-refractivity contribution in [2.24, 2.45) is 0 Å². The minimum Gasteiger partial charge on any atom is -0.493 e. The number of hydrogen-bond acceptors (Lipinski definition) is 9. The van der Waals surface area contributed by atoms with Crippen molar-refractivity contribution in [2.75, 3.05) is 39.9 Å². The standard InChI is InChI=1S/C22H25NO8S/c1-5-30-22(26)18-13-7-6-8-16(13)32-20(18)23-17(24)11-31-21(25)12-9-14(27-2)19(29-4)15(10-12)28-3/h9-10H,5-8,11H2,1-4H3,(H,23,24). The number of methoxy groups -OCH3 is 3. The van der Waals surface area contributed by atoms with Crippen LogP contribution in [0.3, 0.4) is 0 Å². The molecule has 2 aromatic rings. The van der Waals surface area contributed by atoms with Crippen molar-refractivity contribution in [3.05, 3.63) is 33.7 Å². The topological polar surface area (TPSA) is 109 Å². The Morgan fingerprint density at radius 3 is 2.25 bits per heavy atom. The minimum atomic E-state index is -0.737. The molecule has 0 saturated carbocycles. The highest BCUT2D eigenvalue weighted by Crippen LogP contribution is 2.40. The van der Waals surface area contributed by atoms with Crippen LogP contribution in [0.2, 0.25) is 0 Å². The van der Waals surface area contributed by atoms with Gasteiger partial charge in [0.2, 0.25) is 5.75 Å². The maximum absolute atomic E-state index is 12.5. The zero-order valence-electron chi connectivity index (χ0n) is 18.4. The van der Waals surface area contributed by atoms with Crippen LogP contribution in [0.25, 0.3) is 0 Å². The Balaban J connectivity index is 1.70. The molecular weight excluding hydrogens is 438 g/mol. The molecule has 1 amide bonds. The number of aryl methyl sites for hydroxylation is 1. The lowest BCUT2D eigenvalue weighted by atomic mass is 10.1. The van der Waals surface area contributed by atoms with Gasteiger partial charge >= 0.3 is 11.9 Å². The number of nitrogens with one attached hydrogen (secondary N) is 1. The second-order valence-electron chi connectivity index (χ2n) is 6.82. The van der Waals surface area contributed by atoms with Crippen molar-refractivity contribution in [3.63, 3.8) is 0 Å². The Kier molecular flexibility index (Phi) is 7.57. The number of ether oxygens (including phenoxy) is 5. The number of carbonyl (C=O) groups excluding carboxylic acids is 3. The summed E-state index contributed by atoms with van der Waals surface area (Å²) in [6, 6.07) is 2.87. The normalized spacial score (nSPS) is 12.0. The van der Waals surface area contributed by atoms with Gasteiger partial charge in [0.05, 0.1) is 39.1 Å². The van der Waals surface area contributed by atoms with Crippen LogP contribution >= 0.6 is 11.3 Å². The third-order valence-corrected chi connectivity index (χ3v) is 6.10. The quantitative estimate of drug-likeness (QED) is 0.565. The third-order valence-electron chi connectivity index (χ3n) is 4.89. The summed E-state index contributed by atoms with van der Waals surface area (Å²) in [6.45, 7) is 1.44. The molecule has 1 N–H and O–H groups in total. The fourth-order valence-corrected chi connectivity index (χ4v) is 4.78. The van der Waals surface area contributed by atoms with Gasteiger partial charge in [0.15, 0.2) is 18.1 Å². The number of fused-ring (bicyclic) bond motifs is 1. The van der Waals surface area contributed by atoms with E-state index in [0.717, 1.165) is 29.7 Å². The van der Waals surface area contributed by atoms with Crippen molar-refractivity contribution in [3.8, 4) is 17.2 Å². The third kappa shape index (κ3) is 4.80. The van der Waals surface area contributed by atoms with Crippen LogP contribution in [0.1, 0.15) is 44.5 Å². The molecular formula is C22H25NO8S. The molecule has 172 valence electrons. The smallest absolute Gasteiger partial charge is 0.341 e. The number of esters is 2. The first-order valence-corrected chi connectivity index (χ1v) is 10.8. The summed E-state index contributed by atoms with van der Waals surface area (Å²) in [5.41, 5.74) is 1.46. The van der Waals surface area contributed by atoms with Gasteiger partial charge in [-0.25, -0.2) is 9.59 Å². The van der Waals surface area contributed by atoms with Crippen LogP contribution in [0.15, 0.2) is 12.1 Å². The van der Waals surface area contributed by atoms with Crippen molar-refractivity contribution in [1.29, 1.82) is 0 Å². The molecule has 0 radical (unpaired) electrons. The SMILES string of the molecule is CCOC(=O)c1c(NC(=O)COC(=O)c2cc(OC)c(OC)c(OC)c2)sc2c1CCC2. The van der Waals surface area contributed by atoms with E-state index >= 15 is 0 Å². The summed E-state index contributed by atoms with van der Waals surface area (Å²) < 4.78 is 26.0. The minimum absolute atomic E-state index is 0.134. The first-order valence-electron chi connectivity index (χ1n) is 10.0. The number of benzene rings is 1. The summed E-state index contributed by atoms with van der Waals surface area (Å²) in [6.07, 6.45) is 2.60. The fourth-order valence-electron chi connectivity index (χ4n) is 3.49. The summed E-state index contributed by atoms with van der Waals surface area (Å²) in [4.78, 5) is 38.4. The molecule has 0 fully saturated rings. The van der Waals surface area contributed by atoms with Crippen LogP contribution in [-0.2, 0) is 27.1 Å². The average Bonchev–Trinajstić information content (AvgIpc) is 3.37. The highest BCUT2D eigenvalue weighted by molar-refractivity contribution is 7.17. The van der Waals surface area contributed by atoms with Gasteiger partial charge in [-0.1, -0.05) is 0 Å². The largest absolute Gasteiger partial charge is 0.493 e. The van der Waals surface area contributed by atoms with E-state index in [1.165, 1.54) is 44.8 Å². The van der Waals surface area contributed by atoms with Crippen molar-refractivity contribution >= 4 is 34.2 Å². The molecule has 9 nitrogen and oxygen atoms in total.